The molecule has 9 heteroatoms. The Hall–Kier alpha value is -2.68. The molecule has 5 N–H and O–H groups in total. The highest BCUT2D eigenvalue weighted by Crippen LogP contribution is 2.11. The van der Waals surface area contributed by atoms with E-state index in [2.05, 4.69) is 26.1 Å². The predicted molar refractivity (Wildman–Crippen MR) is 94.1 cm³/mol. The number of nitrogens with two attached hydrogens (primary N) is 1. The molecule has 0 unspecified atom stereocenters. The van der Waals surface area contributed by atoms with Gasteiger partial charge in [-0.2, -0.15) is 0 Å². The predicted octanol–water partition coefficient (Wildman–Crippen LogP) is 1.62. The van der Waals surface area contributed by atoms with E-state index in [0.29, 0.717) is 35.9 Å². The van der Waals surface area contributed by atoms with Crippen LogP contribution in [0.25, 0.3) is 0 Å². The van der Waals surface area contributed by atoms with E-state index in [9.17, 15) is 9.59 Å². The molecular formula is C15H20N6O2S. The zero-order chi connectivity index (χ0) is 17.4. The second-order valence-corrected chi connectivity index (χ2v) is 6.09. The lowest BCUT2D eigenvalue weighted by molar-refractivity contribution is 0.0953. The van der Waals surface area contributed by atoms with Gasteiger partial charge in [-0.15, -0.1) is 10.2 Å². The number of hydrogen-bond acceptors (Lipinski definition) is 6. The van der Waals surface area contributed by atoms with E-state index in [4.69, 9.17) is 5.73 Å². The van der Waals surface area contributed by atoms with E-state index in [0.717, 1.165) is 11.4 Å². The van der Waals surface area contributed by atoms with Gasteiger partial charge in [0.05, 0.1) is 0 Å². The van der Waals surface area contributed by atoms with Crippen molar-refractivity contribution < 1.29 is 9.59 Å². The summed E-state index contributed by atoms with van der Waals surface area (Å²) in [6.07, 6.45) is 1.45. The fraction of sp³-hybridized carbons (Fsp3) is 0.333. The van der Waals surface area contributed by atoms with Gasteiger partial charge in [-0.3, -0.25) is 4.79 Å². The van der Waals surface area contributed by atoms with E-state index in [1.165, 1.54) is 11.3 Å². The summed E-state index contributed by atoms with van der Waals surface area (Å²) in [4.78, 5) is 23.6. The number of nitrogen functional groups attached to an aromatic ring is 1. The number of urea groups is 1. The fourth-order valence-electron chi connectivity index (χ4n) is 1.87. The molecule has 0 radical (unpaired) electrons. The minimum Gasteiger partial charge on any atom is -0.374 e. The maximum Gasteiger partial charge on any atom is 0.319 e. The van der Waals surface area contributed by atoms with Gasteiger partial charge < -0.3 is 21.7 Å². The second-order valence-electron chi connectivity index (χ2n) is 5.00. The Morgan fingerprint density at radius 3 is 2.50 bits per heavy atom. The number of nitrogens with zero attached hydrogens (tertiary/aromatic N) is 2. The molecular weight excluding hydrogens is 328 g/mol. The Morgan fingerprint density at radius 1 is 1.12 bits per heavy atom. The molecule has 8 nitrogen and oxygen atoms in total. The van der Waals surface area contributed by atoms with Crippen LogP contribution in [0.15, 0.2) is 24.3 Å². The van der Waals surface area contributed by atoms with Crippen molar-refractivity contribution in [1.29, 1.82) is 0 Å². The van der Waals surface area contributed by atoms with E-state index in [-0.39, 0.29) is 11.9 Å². The zero-order valence-corrected chi connectivity index (χ0v) is 14.2. The van der Waals surface area contributed by atoms with Gasteiger partial charge in [-0.05, 0) is 30.7 Å². The van der Waals surface area contributed by atoms with Crippen LogP contribution in [0.5, 0.6) is 0 Å². The van der Waals surface area contributed by atoms with Crippen LogP contribution < -0.4 is 21.7 Å². The summed E-state index contributed by atoms with van der Waals surface area (Å²) in [7, 11) is 0. The molecule has 1 heterocycles. The first-order valence-electron chi connectivity index (χ1n) is 7.59. The minimum atomic E-state index is -0.323. The number of nitrogens with one attached hydrogen (secondary N) is 3. The second kappa shape index (κ2) is 8.82. The molecule has 2 aromatic rings. The average molecular weight is 348 g/mol. The SMILES string of the molecule is CCCNC(=O)c1ccc(NC(=O)NCCc2nnc(N)s2)cc1. The van der Waals surface area contributed by atoms with Crippen molar-refractivity contribution in [2.24, 2.45) is 0 Å². The molecule has 24 heavy (non-hydrogen) atoms. The molecule has 0 spiro atoms. The molecule has 0 aliphatic rings. The van der Waals surface area contributed by atoms with Crippen LogP contribution in [0.1, 0.15) is 28.7 Å². The number of aromatic nitrogens is 2. The molecule has 1 aromatic carbocycles. The third kappa shape index (κ3) is 5.51. The van der Waals surface area contributed by atoms with Gasteiger partial charge in [0.15, 0.2) is 0 Å². The lowest BCUT2D eigenvalue weighted by atomic mass is 10.2. The molecule has 0 aliphatic carbocycles. The molecule has 2 rings (SSSR count). The maximum atomic E-state index is 11.8. The number of carbonyl (C=O) groups excluding carboxylic acids is 2. The van der Waals surface area contributed by atoms with Crippen molar-refractivity contribution in [3.8, 4) is 0 Å². The fourth-order valence-corrected chi connectivity index (χ4v) is 2.48. The highest BCUT2D eigenvalue weighted by Gasteiger charge is 2.06. The number of benzene rings is 1. The van der Waals surface area contributed by atoms with Gasteiger partial charge in [0, 0.05) is 30.8 Å². The largest absolute Gasteiger partial charge is 0.374 e. The van der Waals surface area contributed by atoms with Crippen molar-refractivity contribution in [2.75, 3.05) is 24.1 Å². The molecule has 0 atom stereocenters. The van der Waals surface area contributed by atoms with Crippen molar-refractivity contribution >= 4 is 34.1 Å². The molecule has 0 saturated carbocycles. The molecule has 0 aliphatic heterocycles. The zero-order valence-electron chi connectivity index (χ0n) is 13.3. The summed E-state index contributed by atoms with van der Waals surface area (Å²) >= 11 is 1.30. The molecule has 0 saturated heterocycles. The quantitative estimate of drug-likeness (QED) is 0.606. The van der Waals surface area contributed by atoms with E-state index in [1.807, 2.05) is 6.92 Å². The summed E-state index contributed by atoms with van der Waals surface area (Å²) in [6.45, 7) is 3.06. The van der Waals surface area contributed by atoms with Gasteiger partial charge in [-0.25, -0.2) is 4.79 Å². The molecule has 3 amide bonds. The van der Waals surface area contributed by atoms with Gasteiger partial charge in [-0.1, -0.05) is 18.3 Å². The Bertz CT molecular complexity index is 686. The van der Waals surface area contributed by atoms with Crippen LogP contribution in [-0.4, -0.2) is 35.2 Å². The number of carbonyl (C=O) groups is 2. The summed E-state index contributed by atoms with van der Waals surface area (Å²) in [5.74, 6) is -0.121. The number of rotatable bonds is 7. The lowest BCUT2D eigenvalue weighted by Gasteiger charge is -2.08. The molecule has 0 bridgehead atoms. The van der Waals surface area contributed by atoms with Crippen molar-refractivity contribution in [2.45, 2.75) is 19.8 Å². The molecule has 1 aromatic heterocycles. The molecule has 128 valence electrons. The Kier molecular flexibility index (Phi) is 6.50. The Balaban J connectivity index is 1.76. The first-order valence-corrected chi connectivity index (χ1v) is 8.41. The van der Waals surface area contributed by atoms with E-state index < -0.39 is 0 Å². The summed E-state index contributed by atoms with van der Waals surface area (Å²) in [5, 5.41) is 17.0. The number of anilines is 2. The number of hydrogen-bond donors (Lipinski definition) is 4. The Labute approximate surface area is 143 Å². The van der Waals surface area contributed by atoms with Crippen LogP contribution in [-0.2, 0) is 6.42 Å². The van der Waals surface area contributed by atoms with Crippen molar-refractivity contribution in [1.82, 2.24) is 20.8 Å². The lowest BCUT2D eigenvalue weighted by Crippen LogP contribution is -2.30. The van der Waals surface area contributed by atoms with Gasteiger partial charge in [0.2, 0.25) is 5.13 Å². The number of amides is 3. The van der Waals surface area contributed by atoms with Crippen LogP contribution in [0.4, 0.5) is 15.6 Å². The summed E-state index contributed by atoms with van der Waals surface area (Å²) in [6, 6.07) is 6.39. The molecule has 0 fully saturated rings. The maximum absolute atomic E-state index is 11.8. The third-order valence-corrected chi connectivity index (χ3v) is 3.86. The average Bonchev–Trinajstić information content (AvgIpc) is 2.98. The Morgan fingerprint density at radius 2 is 1.88 bits per heavy atom. The standard InChI is InChI=1S/C15H20N6O2S/c1-2-8-17-13(22)10-3-5-11(6-4-10)19-15(23)18-9-7-12-20-21-14(16)24-12/h3-6H,2,7-9H2,1H3,(H2,16,21)(H,17,22)(H2,18,19,23). The smallest absolute Gasteiger partial charge is 0.319 e. The first-order chi connectivity index (χ1) is 11.6. The summed E-state index contributed by atoms with van der Waals surface area (Å²) < 4.78 is 0. The normalized spacial score (nSPS) is 10.2. The highest BCUT2D eigenvalue weighted by atomic mass is 32.1. The third-order valence-electron chi connectivity index (χ3n) is 3.05. The van der Waals surface area contributed by atoms with Crippen molar-refractivity contribution in [3.05, 3.63) is 34.8 Å². The van der Waals surface area contributed by atoms with Crippen LogP contribution >= 0.6 is 11.3 Å². The van der Waals surface area contributed by atoms with Crippen LogP contribution in [0, 0.1) is 0 Å². The summed E-state index contributed by atoms with van der Waals surface area (Å²) in [5.41, 5.74) is 6.66. The minimum absolute atomic E-state index is 0.121. The topological polar surface area (TPSA) is 122 Å². The first kappa shape index (κ1) is 17.7. The van der Waals surface area contributed by atoms with Gasteiger partial charge in [0.1, 0.15) is 5.01 Å². The van der Waals surface area contributed by atoms with Crippen molar-refractivity contribution in [3.63, 3.8) is 0 Å². The van der Waals surface area contributed by atoms with Gasteiger partial charge in [0.25, 0.3) is 5.91 Å². The van der Waals surface area contributed by atoms with E-state index >= 15 is 0 Å². The van der Waals surface area contributed by atoms with Crippen LogP contribution in [0.2, 0.25) is 0 Å². The van der Waals surface area contributed by atoms with Crippen LogP contribution in [0.3, 0.4) is 0 Å². The monoisotopic (exact) mass is 348 g/mol. The highest BCUT2D eigenvalue weighted by molar-refractivity contribution is 7.15. The van der Waals surface area contributed by atoms with Gasteiger partial charge >= 0.3 is 6.03 Å². The van der Waals surface area contributed by atoms with E-state index in [1.54, 1.807) is 24.3 Å².